The van der Waals surface area contributed by atoms with Gasteiger partial charge in [0.2, 0.25) is 0 Å². The number of nitrogens with zero attached hydrogens (tertiary/aromatic N) is 2. The second-order valence-electron chi connectivity index (χ2n) is 7.16. The summed E-state index contributed by atoms with van der Waals surface area (Å²) in [5, 5.41) is 0. The number of rotatable bonds is 4. The van der Waals surface area contributed by atoms with E-state index >= 15 is 0 Å². The van der Waals surface area contributed by atoms with Gasteiger partial charge in [-0.3, -0.25) is 4.79 Å². The molecule has 0 aromatic heterocycles. The first-order valence-corrected chi connectivity index (χ1v) is 9.24. The van der Waals surface area contributed by atoms with Crippen LogP contribution in [0.2, 0.25) is 0 Å². The number of piperidine rings is 1. The van der Waals surface area contributed by atoms with Crippen LogP contribution in [0.25, 0.3) is 11.1 Å². The summed E-state index contributed by atoms with van der Waals surface area (Å²) in [6, 6.07) is 15.3. The molecule has 1 fully saturated rings. The molecule has 0 saturated carbocycles. The third-order valence-corrected chi connectivity index (χ3v) is 5.14. The molecule has 3 rings (SSSR count). The number of likely N-dealkylation sites (tertiary alicyclic amines) is 1. The number of hydrogen-bond donors (Lipinski definition) is 0. The van der Waals surface area contributed by atoms with Crippen LogP contribution < -0.4 is 0 Å². The van der Waals surface area contributed by atoms with Crippen molar-refractivity contribution in [3.63, 3.8) is 0 Å². The summed E-state index contributed by atoms with van der Waals surface area (Å²) in [4.78, 5) is 28.9. The van der Waals surface area contributed by atoms with Crippen molar-refractivity contribution in [2.75, 3.05) is 34.3 Å². The lowest BCUT2D eigenvalue weighted by Gasteiger charge is -2.36. The first kappa shape index (κ1) is 19.1. The van der Waals surface area contributed by atoms with Crippen molar-refractivity contribution in [3.05, 3.63) is 59.7 Å². The van der Waals surface area contributed by atoms with Crippen molar-refractivity contribution >= 4 is 11.9 Å². The molecular weight excluding hydrogens is 340 g/mol. The second-order valence-corrected chi connectivity index (χ2v) is 7.16. The predicted molar refractivity (Wildman–Crippen MR) is 106 cm³/mol. The molecule has 27 heavy (non-hydrogen) atoms. The summed E-state index contributed by atoms with van der Waals surface area (Å²) in [5.74, 6) is -0.306. The average molecular weight is 366 g/mol. The van der Waals surface area contributed by atoms with Crippen LogP contribution in [-0.4, -0.2) is 62.0 Å². The lowest BCUT2D eigenvalue weighted by molar-refractivity contribution is 0.0599. The molecule has 1 heterocycles. The Hall–Kier alpha value is -2.66. The van der Waals surface area contributed by atoms with E-state index in [0.29, 0.717) is 17.2 Å². The molecule has 2 aromatic rings. The molecular formula is C22H26N2O3. The highest BCUT2D eigenvalue weighted by atomic mass is 16.5. The van der Waals surface area contributed by atoms with Gasteiger partial charge < -0.3 is 14.5 Å². The lowest BCUT2D eigenvalue weighted by atomic mass is 9.99. The van der Waals surface area contributed by atoms with E-state index in [1.165, 1.54) is 7.11 Å². The fourth-order valence-corrected chi connectivity index (χ4v) is 3.52. The molecule has 1 unspecified atom stereocenters. The van der Waals surface area contributed by atoms with Gasteiger partial charge >= 0.3 is 5.97 Å². The van der Waals surface area contributed by atoms with Gasteiger partial charge in [0.15, 0.2) is 0 Å². The fraction of sp³-hybridized carbons (Fsp3) is 0.364. The highest BCUT2D eigenvalue weighted by molar-refractivity contribution is 5.96. The van der Waals surface area contributed by atoms with Crippen LogP contribution in [0.1, 0.15) is 33.6 Å². The minimum absolute atomic E-state index is 0.0625. The number of carbonyl (C=O) groups excluding carboxylic acids is 2. The molecule has 142 valence electrons. The van der Waals surface area contributed by atoms with Gasteiger partial charge in [0, 0.05) is 24.7 Å². The van der Waals surface area contributed by atoms with Crippen LogP contribution >= 0.6 is 0 Å². The molecule has 1 atom stereocenters. The van der Waals surface area contributed by atoms with Crippen molar-refractivity contribution in [1.29, 1.82) is 0 Å². The Bertz CT molecular complexity index is 832. The minimum Gasteiger partial charge on any atom is -0.465 e. The average Bonchev–Trinajstić information content (AvgIpc) is 2.72. The second kappa shape index (κ2) is 8.35. The number of likely N-dealkylation sites (N-methyl/N-ethyl adjacent to an activating group) is 1. The Morgan fingerprint density at radius 2 is 1.67 bits per heavy atom. The van der Waals surface area contributed by atoms with Gasteiger partial charge in [0.05, 0.1) is 12.7 Å². The van der Waals surface area contributed by atoms with Gasteiger partial charge in [0.1, 0.15) is 0 Å². The molecule has 1 amide bonds. The minimum atomic E-state index is -0.368. The van der Waals surface area contributed by atoms with Crippen LogP contribution in [0.15, 0.2) is 48.5 Å². The fourth-order valence-electron chi connectivity index (χ4n) is 3.52. The molecule has 5 nitrogen and oxygen atoms in total. The highest BCUT2D eigenvalue weighted by Gasteiger charge is 2.25. The van der Waals surface area contributed by atoms with Crippen LogP contribution in [0.5, 0.6) is 0 Å². The monoisotopic (exact) mass is 366 g/mol. The van der Waals surface area contributed by atoms with Crippen molar-refractivity contribution in [2.45, 2.75) is 18.9 Å². The zero-order valence-corrected chi connectivity index (χ0v) is 16.1. The number of carbonyl (C=O) groups is 2. The molecule has 1 aliphatic heterocycles. The summed E-state index contributed by atoms with van der Waals surface area (Å²) in [6.07, 6.45) is 2.15. The summed E-state index contributed by atoms with van der Waals surface area (Å²) < 4.78 is 4.79. The summed E-state index contributed by atoms with van der Waals surface area (Å²) in [6.45, 7) is 1.55. The SMILES string of the molecule is COC(=O)c1cccc(-c2cccc(C(=O)N3CCCC(N(C)C)C3)c2)c1. The van der Waals surface area contributed by atoms with Gasteiger partial charge in [-0.25, -0.2) is 4.79 Å². The van der Waals surface area contributed by atoms with E-state index < -0.39 is 0 Å². The normalized spacial score (nSPS) is 17.0. The smallest absolute Gasteiger partial charge is 0.337 e. The number of esters is 1. The summed E-state index contributed by atoms with van der Waals surface area (Å²) in [5.41, 5.74) is 2.97. The molecule has 1 saturated heterocycles. The number of amides is 1. The maximum atomic E-state index is 13.0. The third-order valence-electron chi connectivity index (χ3n) is 5.14. The van der Waals surface area contributed by atoms with E-state index in [-0.39, 0.29) is 11.9 Å². The van der Waals surface area contributed by atoms with Gasteiger partial charge in [-0.15, -0.1) is 0 Å². The molecule has 0 bridgehead atoms. The van der Waals surface area contributed by atoms with E-state index in [1.54, 1.807) is 12.1 Å². The van der Waals surface area contributed by atoms with Gasteiger partial charge in [-0.2, -0.15) is 0 Å². The molecule has 0 spiro atoms. The van der Waals surface area contributed by atoms with E-state index in [2.05, 4.69) is 19.0 Å². The zero-order valence-electron chi connectivity index (χ0n) is 16.1. The number of methoxy groups -OCH3 is 1. The van der Waals surface area contributed by atoms with E-state index in [9.17, 15) is 9.59 Å². The van der Waals surface area contributed by atoms with Gasteiger partial charge in [0.25, 0.3) is 5.91 Å². The summed E-state index contributed by atoms with van der Waals surface area (Å²) in [7, 11) is 5.50. The molecule has 2 aromatic carbocycles. The highest BCUT2D eigenvalue weighted by Crippen LogP contribution is 2.24. The summed E-state index contributed by atoms with van der Waals surface area (Å²) >= 11 is 0. The largest absolute Gasteiger partial charge is 0.465 e. The van der Waals surface area contributed by atoms with E-state index in [4.69, 9.17) is 4.74 Å². The molecule has 0 radical (unpaired) electrons. The molecule has 0 aliphatic carbocycles. The zero-order chi connectivity index (χ0) is 19.4. The van der Waals surface area contributed by atoms with Crippen molar-refractivity contribution in [2.24, 2.45) is 0 Å². The Labute approximate surface area is 160 Å². The van der Waals surface area contributed by atoms with Crippen molar-refractivity contribution < 1.29 is 14.3 Å². The number of benzene rings is 2. The first-order valence-electron chi connectivity index (χ1n) is 9.24. The van der Waals surface area contributed by atoms with Crippen LogP contribution in [0.4, 0.5) is 0 Å². The van der Waals surface area contributed by atoms with Crippen molar-refractivity contribution in [3.8, 4) is 11.1 Å². The first-order chi connectivity index (χ1) is 13.0. The van der Waals surface area contributed by atoms with Crippen LogP contribution in [0.3, 0.4) is 0 Å². The Morgan fingerprint density at radius 1 is 1.04 bits per heavy atom. The van der Waals surface area contributed by atoms with Gasteiger partial charge in [-0.05, 0) is 62.3 Å². The standard InChI is InChI=1S/C22H26N2O3/c1-23(2)20-11-6-12-24(15-20)21(25)18-9-4-7-16(13-18)17-8-5-10-19(14-17)22(26)27-3/h4-5,7-10,13-14,20H,6,11-12,15H2,1-3H3. The van der Waals surface area contributed by atoms with Crippen molar-refractivity contribution in [1.82, 2.24) is 9.80 Å². The van der Waals surface area contributed by atoms with Crippen LogP contribution in [-0.2, 0) is 4.74 Å². The number of ether oxygens (including phenoxy) is 1. The van der Waals surface area contributed by atoms with E-state index in [1.807, 2.05) is 41.3 Å². The Kier molecular flexibility index (Phi) is 5.91. The molecule has 5 heteroatoms. The maximum Gasteiger partial charge on any atom is 0.337 e. The quantitative estimate of drug-likeness (QED) is 0.779. The predicted octanol–water partition coefficient (Wildman–Crippen LogP) is 3.31. The van der Waals surface area contributed by atoms with Crippen LogP contribution in [0, 0.1) is 0 Å². The lowest BCUT2D eigenvalue weighted by Crippen LogP contribution is -2.47. The maximum absolute atomic E-state index is 13.0. The molecule has 1 aliphatic rings. The van der Waals surface area contributed by atoms with E-state index in [0.717, 1.165) is 37.1 Å². The Morgan fingerprint density at radius 3 is 2.30 bits per heavy atom. The van der Waals surface area contributed by atoms with Gasteiger partial charge in [-0.1, -0.05) is 24.3 Å². The number of hydrogen-bond acceptors (Lipinski definition) is 4. The Balaban J connectivity index is 1.83. The topological polar surface area (TPSA) is 49.9 Å². The molecule has 0 N–H and O–H groups in total. The third kappa shape index (κ3) is 4.37.